The van der Waals surface area contributed by atoms with E-state index < -0.39 is 39.5 Å². The van der Waals surface area contributed by atoms with Crippen LogP contribution in [0.1, 0.15) is 13.8 Å². The van der Waals surface area contributed by atoms with Gasteiger partial charge in [0.1, 0.15) is 29.6 Å². The van der Waals surface area contributed by atoms with E-state index in [9.17, 15) is 26.8 Å². The lowest BCUT2D eigenvalue weighted by Gasteiger charge is -2.21. The predicted molar refractivity (Wildman–Crippen MR) is 105 cm³/mol. The van der Waals surface area contributed by atoms with Crippen molar-refractivity contribution in [3.63, 3.8) is 0 Å². The summed E-state index contributed by atoms with van der Waals surface area (Å²) in [6.45, 7) is 3.27. The molecule has 3 rings (SSSR count). The fourth-order valence-electron chi connectivity index (χ4n) is 2.74. The number of benzene rings is 2. The molecule has 0 fully saturated rings. The molecule has 1 heterocycles. The van der Waals surface area contributed by atoms with E-state index >= 15 is 0 Å². The molecule has 1 aliphatic heterocycles. The third kappa shape index (κ3) is 6.28. The van der Waals surface area contributed by atoms with Gasteiger partial charge in [-0.15, -0.1) is 13.2 Å². The van der Waals surface area contributed by atoms with Crippen LogP contribution in [-0.2, 0) is 19.3 Å². The van der Waals surface area contributed by atoms with Crippen molar-refractivity contribution in [1.82, 2.24) is 5.48 Å². The number of ether oxygens (including phenoxy) is 4. The van der Waals surface area contributed by atoms with Crippen LogP contribution in [0.2, 0.25) is 0 Å². The van der Waals surface area contributed by atoms with E-state index in [1.807, 2.05) is 5.48 Å². The van der Waals surface area contributed by atoms with Gasteiger partial charge >= 0.3 is 6.36 Å². The molecule has 174 valence electrons. The summed E-state index contributed by atoms with van der Waals surface area (Å²) in [6.07, 6.45) is -3.55. The van der Waals surface area contributed by atoms with Crippen molar-refractivity contribution in [2.75, 3.05) is 5.75 Å². The smallest absolute Gasteiger partial charge is 0.457 e. The molecule has 2 N–H and O–H groups in total. The molecule has 12 heteroatoms. The molecule has 1 atom stereocenters. The lowest BCUT2D eigenvalue weighted by Crippen LogP contribution is -2.37. The maximum absolute atomic E-state index is 12.7. The van der Waals surface area contributed by atoms with Gasteiger partial charge in [0, 0.05) is 13.8 Å². The molecule has 1 aliphatic rings. The minimum Gasteiger partial charge on any atom is -0.457 e. The van der Waals surface area contributed by atoms with Gasteiger partial charge in [-0.2, -0.15) is 5.48 Å². The van der Waals surface area contributed by atoms with Crippen molar-refractivity contribution < 1.29 is 45.7 Å². The zero-order chi connectivity index (χ0) is 23.6. The summed E-state index contributed by atoms with van der Waals surface area (Å²) in [5.41, 5.74) is 1.91. The first-order chi connectivity index (χ1) is 14.9. The number of hydrogen-bond acceptors (Lipinski definition) is 8. The molecule has 0 radical (unpaired) electrons. The van der Waals surface area contributed by atoms with Gasteiger partial charge in [0.05, 0.1) is 10.6 Å². The Balaban J connectivity index is 1.65. The third-order valence-electron chi connectivity index (χ3n) is 4.18. The van der Waals surface area contributed by atoms with Crippen LogP contribution < -0.4 is 15.0 Å². The second kappa shape index (κ2) is 8.88. The molecule has 2 aromatic carbocycles. The van der Waals surface area contributed by atoms with Gasteiger partial charge < -0.3 is 24.2 Å². The Morgan fingerprint density at radius 3 is 2.03 bits per heavy atom. The average Bonchev–Trinajstić information content (AvgIpc) is 3.06. The van der Waals surface area contributed by atoms with E-state index in [-0.39, 0.29) is 22.2 Å². The number of sulfone groups is 1. The van der Waals surface area contributed by atoms with Gasteiger partial charge in [-0.3, -0.25) is 0 Å². The monoisotopic (exact) mass is 475 g/mol. The van der Waals surface area contributed by atoms with Crippen LogP contribution in [0.5, 0.6) is 17.2 Å². The maximum atomic E-state index is 12.7. The van der Waals surface area contributed by atoms with E-state index in [0.29, 0.717) is 0 Å². The molecule has 0 aromatic heterocycles. The van der Waals surface area contributed by atoms with Crippen LogP contribution in [0.3, 0.4) is 0 Å². The van der Waals surface area contributed by atoms with Crippen molar-refractivity contribution in [3.05, 3.63) is 60.6 Å². The molecule has 0 amide bonds. The highest BCUT2D eigenvalue weighted by molar-refractivity contribution is 7.91. The molecule has 32 heavy (non-hydrogen) atoms. The summed E-state index contributed by atoms with van der Waals surface area (Å²) in [5, 5.41) is 9.37. The number of nitrogens with one attached hydrogen (secondary N) is 1. The lowest BCUT2D eigenvalue weighted by atomic mass is 10.3. The van der Waals surface area contributed by atoms with E-state index in [4.69, 9.17) is 14.2 Å². The second-order valence-electron chi connectivity index (χ2n) is 7.20. The normalized spacial score (nSPS) is 16.5. The summed E-state index contributed by atoms with van der Waals surface area (Å²) in [6, 6.07) is 9.11. The summed E-state index contributed by atoms with van der Waals surface area (Å²) >= 11 is 0. The number of rotatable bonds is 8. The van der Waals surface area contributed by atoms with Crippen molar-refractivity contribution in [2.24, 2.45) is 0 Å². The molecule has 2 aromatic rings. The van der Waals surface area contributed by atoms with Crippen LogP contribution in [-0.4, -0.2) is 37.6 Å². The van der Waals surface area contributed by atoms with Gasteiger partial charge in [-0.1, -0.05) is 0 Å². The number of alkyl halides is 3. The minimum atomic E-state index is -4.79. The molecule has 0 saturated carbocycles. The van der Waals surface area contributed by atoms with E-state index in [0.717, 1.165) is 12.1 Å². The van der Waals surface area contributed by atoms with Gasteiger partial charge in [-0.25, -0.2) is 8.42 Å². The molecule has 0 spiro atoms. The maximum Gasteiger partial charge on any atom is 0.573 e. The Labute approximate surface area is 182 Å². The highest BCUT2D eigenvalue weighted by atomic mass is 32.2. The first-order valence-electron chi connectivity index (χ1n) is 9.20. The van der Waals surface area contributed by atoms with E-state index in [1.54, 1.807) is 13.8 Å². The van der Waals surface area contributed by atoms with Crippen LogP contribution in [0.25, 0.3) is 0 Å². The van der Waals surface area contributed by atoms with Crippen LogP contribution in [0, 0.1) is 0 Å². The van der Waals surface area contributed by atoms with Crippen molar-refractivity contribution >= 4 is 9.84 Å². The largest absolute Gasteiger partial charge is 0.573 e. The Bertz CT molecular complexity index is 1070. The van der Waals surface area contributed by atoms with Crippen LogP contribution >= 0.6 is 0 Å². The first-order valence-corrected chi connectivity index (χ1v) is 10.9. The van der Waals surface area contributed by atoms with Crippen molar-refractivity contribution in [2.45, 2.75) is 36.9 Å². The third-order valence-corrected chi connectivity index (χ3v) is 5.95. The quantitative estimate of drug-likeness (QED) is 0.550. The Morgan fingerprint density at radius 2 is 1.56 bits per heavy atom. The minimum absolute atomic E-state index is 0.0298. The number of hydrogen-bond donors (Lipinski definition) is 2. The zero-order valence-corrected chi connectivity index (χ0v) is 17.7. The average molecular weight is 475 g/mol. The van der Waals surface area contributed by atoms with Crippen LogP contribution in [0.15, 0.2) is 65.4 Å². The standard InChI is InChI=1S/C20H20F3NO7S/c1-19(2)28-11-18(31-19)17(24-25)12-32(26,27)16-9-7-14(8-10-16)29-13-3-5-15(6-4-13)30-20(21,22)23/h3-11,17,24-25H,12H2,1-2H3. The van der Waals surface area contributed by atoms with Gasteiger partial charge in [0.25, 0.3) is 0 Å². The fourth-order valence-corrected chi connectivity index (χ4v) is 4.17. The number of hydroxylamine groups is 1. The predicted octanol–water partition coefficient (Wildman–Crippen LogP) is 4.12. The number of halogens is 3. The Morgan fingerprint density at radius 1 is 1.03 bits per heavy atom. The summed E-state index contributed by atoms with van der Waals surface area (Å²) in [5.74, 6) is -1.23. The second-order valence-corrected chi connectivity index (χ2v) is 9.23. The Kier molecular flexibility index (Phi) is 6.58. The van der Waals surface area contributed by atoms with E-state index in [1.165, 1.54) is 42.7 Å². The zero-order valence-electron chi connectivity index (χ0n) is 16.9. The molecular formula is C20H20F3NO7S. The highest BCUT2D eigenvalue weighted by Gasteiger charge is 2.34. The Hall–Kier alpha value is -2.96. The van der Waals surface area contributed by atoms with Crippen molar-refractivity contribution in [1.29, 1.82) is 0 Å². The van der Waals surface area contributed by atoms with Gasteiger partial charge in [0.15, 0.2) is 15.6 Å². The molecule has 0 saturated heterocycles. The lowest BCUT2D eigenvalue weighted by molar-refractivity contribution is -0.274. The summed E-state index contributed by atoms with van der Waals surface area (Å²) in [4.78, 5) is -0.0298. The molecule has 1 unspecified atom stereocenters. The molecule has 0 bridgehead atoms. The van der Waals surface area contributed by atoms with Crippen LogP contribution in [0.4, 0.5) is 13.2 Å². The summed E-state index contributed by atoms with van der Waals surface area (Å²) < 4.78 is 82.1. The van der Waals surface area contributed by atoms with Gasteiger partial charge in [-0.05, 0) is 48.5 Å². The summed E-state index contributed by atoms with van der Waals surface area (Å²) in [7, 11) is -3.84. The molecule has 8 nitrogen and oxygen atoms in total. The topological polar surface area (TPSA) is 103 Å². The fraction of sp³-hybridized carbons (Fsp3) is 0.300. The molecule has 0 aliphatic carbocycles. The highest BCUT2D eigenvalue weighted by Crippen LogP contribution is 2.30. The van der Waals surface area contributed by atoms with Crippen molar-refractivity contribution in [3.8, 4) is 17.2 Å². The van der Waals surface area contributed by atoms with Gasteiger partial charge in [0.2, 0.25) is 5.79 Å². The first kappa shape index (κ1) is 23.7. The SMILES string of the molecule is CC1(C)OC=C(C(CS(=O)(=O)c2ccc(Oc3ccc(OC(F)(F)F)cc3)cc2)NO)O1. The van der Waals surface area contributed by atoms with E-state index in [2.05, 4.69) is 4.74 Å². The molecular weight excluding hydrogens is 455 g/mol.